The Labute approximate surface area is 116 Å². The topological polar surface area (TPSA) is 125 Å². The minimum absolute atomic E-state index is 0.254. The Kier molecular flexibility index (Phi) is 4.33. The standard InChI is InChI=1S/C11H15N3O5S/c12-8-7-19-6-5-9(8)13-20(17,18)11-4-2-1-3-10(11)14(15)16/h1-4,8-9,13H,5-7,12H2/t8-,9+/m1/s1. The van der Waals surface area contributed by atoms with Crippen molar-refractivity contribution in [3.63, 3.8) is 0 Å². The molecule has 0 aromatic heterocycles. The predicted molar refractivity (Wildman–Crippen MR) is 70.6 cm³/mol. The number of benzene rings is 1. The summed E-state index contributed by atoms with van der Waals surface area (Å²) in [5.41, 5.74) is 5.32. The lowest BCUT2D eigenvalue weighted by atomic mass is 10.1. The van der Waals surface area contributed by atoms with Crippen LogP contribution in [0.3, 0.4) is 0 Å². The summed E-state index contributed by atoms with van der Waals surface area (Å²) in [7, 11) is -4.00. The summed E-state index contributed by atoms with van der Waals surface area (Å²) in [6, 6.07) is 4.24. The summed E-state index contributed by atoms with van der Waals surface area (Å²) in [6.07, 6.45) is 0.432. The summed E-state index contributed by atoms with van der Waals surface area (Å²) >= 11 is 0. The third kappa shape index (κ3) is 3.12. The van der Waals surface area contributed by atoms with Crippen LogP contribution in [0.5, 0.6) is 0 Å². The first kappa shape index (κ1) is 14.9. The highest BCUT2D eigenvalue weighted by atomic mass is 32.2. The molecule has 0 amide bonds. The largest absolute Gasteiger partial charge is 0.380 e. The van der Waals surface area contributed by atoms with Gasteiger partial charge in [0, 0.05) is 24.8 Å². The van der Waals surface area contributed by atoms with E-state index < -0.39 is 32.7 Å². The summed E-state index contributed by atoms with van der Waals surface area (Å²) in [4.78, 5) is 9.81. The summed E-state index contributed by atoms with van der Waals surface area (Å²) in [6.45, 7) is 0.655. The molecule has 1 heterocycles. The van der Waals surface area contributed by atoms with Crippen LogP contribution in [0.4, 0.5) is 5.69 Å². The highest BCUT2D eigenvalue weighted by Gasteiger charge is 2.31. The maximum atomic E-state index is 12.3. The van der Waals surface area contributed by atoms with Crippen molar-refractivity contribution >= 4 is 15.7 Å². The van der Waals surface area contributed by atoms with Crippen LogP contribution in [-0.2, 0) is 14.8 Å². The molecule has 0 radical (unpaired) electrons. The van der Waals surface area contributed by atoms with Crippen molar-refractivity contribution in [3.05, 3.63) is 34.4 Å². The van der Waals surface area contributed by atoms with Gasteiger partial charge in [-0.25, -0.2) is 13.1 Å². The average Bonchev–Trinajstić information content (AvgIpc) is 2.41. The van der Waals surface area contributed by atoms with Crippen LogP contribution in [0, 0.1) is 10.1 Å². The fourth-order valence-electron chi connectivity index (χ4n) is 2.00. The van der Waals surface area contributed by atoms with Crippen molar-refractivity contribution in [2.45, 2.75) is 23.4 Å². The third-order valence-corrected chi connectivity index (χ3v) is 4.60. The molecule has 1 saturated heterocycles. The number of hydrogen-bond donors (Lipinski definition) is 2. The van der Waals surface area contributed by atoms with E-state index in [0.29, 0.717) is 13.0 Å². The molecule has 0 saturated carbocycles. The Bertz CT molecular complexity index is 604. The lowest BCUT2D eigenvalue weighted by Crippen LogP contribution is -2.52. The van der Waals surface area contributed by atoms with E-state index in [0.717, 1.165) is 6.07 Å². The molecule has 2 rings (SSSR count). The van der Waals surface area contributed by atoms with Gasteiger partial charge in [-0.3, -0.25) is 10.1 Å². The summed E-state index contributed by atoms with van der Waals surface area (Å²) in [5.74, 6) is 0. The van der Waals surface area contributed by atoms with Gasteiger partial charge in [0.05, 0.1) is 11.5 Å². The number of nitrogens with zero attached hydrogens (tertiary/aromatic N) is 1. The molecular formula is C11H15N3O5S. The molecule has 8 nitrogen and oxygen atoms in total. The number of ether oxygens (including phenoxy) is 1. The maximum Gasteiger partial charge on any atom is 0.289 e. The zero-order chi connectivity index (χ0) is 14.8. The number of hydrogen-bond acceptors (Lipinski definition) is 6. The van der Waals surface area contributed by atoms with Crippen molar-refractivity contribution < 1.29 is 18.1 Å². The number of nitro groups is 1. The van der Waals surface area contributed by atoms with Gasteiger partial charge in [-0.05, 0) is 12.5 Å². The van der Waals surface area contributed by atoms with E-state index in [9.17, 15) is 18.5 Å². The lowest BCUT2D eigenvalue weighted by Gasteiger charge is -2.28. The molecule has 1 aromatic carbocycles. The molecule has 1 fully saturated rings. The number of nitrogens with one attached hydrogen (secondary N) is 1. The number of para-hydroxylation sites is 1. The van der Waals surface area contributed by atoms with E-state index in [-0.39, 0.29) is 11.5 Å². The van der Waals surface area contributed by atoms with E-state index in [1.54, 1.807) is 0 Å². The van der Waals surface area contributed by atoms with Crippen molar-refractivity contribution in [2.24, 2.45) is 5.73 Å². The van der Waals surface area contributed by atoms with Gasteiger partial charge in [-0.2, -0.15) is 0 Å². The maximum absolute atomic E-state index is 12.3. The minimum atomic E-state index is -4.00. The number of nitrogens with two attached hydrogens (primary N) is 1. The lowest BCUT2D eigenvalue weighted by molar-refractivity contribution is -0.387. The molecule has 0 aliphatic carbocycles. The van der Waals surface area contributed by atoms with E-state index >= 15 is 0 Å². The Morgan fingerprint density at radius 1 is 1.40 bits per heavy atom. The second-order valence-corrected chi connectivity index (χ2v) is 6.16. The summed E-state index contributed by atoms with van der Waals surface area (Å²) < 4.78 is 32.1. The molecule has 20 heavy (non-hydrogen) atoms. The van der Waals surface area contributed by atoms with Crippen LogP contribution in [0.1, 0.15) is 6.42 Å². The van der Waals surface area contributed by atoms with Gasteiger partial charge < -0.3 is 10.5 Å². The highest BCUT2D eigenvalue weighted by Crippen LogP contribution is 2.23. The number of nitro benzene ring substituents is 1. The van der Waals surface area contributed by atoms with E-state index in [2.05, 4.69) is 4.72 Å². The monoisotopic (exact) mass is 301 g/mol. The Balaban J connectivity index is 2.29. The minimum Gasteiger partial charge on any atom is -0.380 e. The highest BCUT2D eigenvalue weighted by molar-refractivity contribution is 7.89. The van der Waals surface area contributed by atoms with Crippen LogP contribution in [-0.4, -0.2) is 38.6 Å². The number of sulfonamides is 1. The predicted octanol–water partition coefficient (Wildman–Crippen LogP) is -0.0107. The first-order chi connectivity index (χ1) is 9.42. The quantitative estimate of drug-likeness (QED) is 0.595. The smallest absolute Gasteiger partial charge is 0.289 e. The van der Waals surface area contributed by atoms with Gasteiger partial charge >= 0.3 is 0 Å². The molecule has 2 atom stereocenters. The van der Waals surface area contributed by atoms with Crippen molar-refractivity contribution in [1.29, 1.82) is 0 Å². The molecule has 1 aliphatic rings. The number of rotatable bonds is 4. The van der Waals surface area contributed by atoms with Crippen molar-refractivity contribution in [3.8, 4) is 0 Å². The second kappa shape index (κ2) is 5.83. The Hall–Kier alpha value is -1.55. The van der Waals surface area contributed by atoms with E-state index in [1.165, 1.54) is 18.2 Å². The molecule has 110 valence electrons. The van der Waals surface area contributed by atoms with Gasteiger partial charge in [0.2, 0.25) is 10.0 Å². The molecule has 1 aliphatic heterocycles. The molecular weight excluding hydrogens is 286 g/mol. The third-order valence-electron chi connectivity index (χ3n) is 3.06. The molecule has 0 unspecified atom stereocenters. The van der Waals surface area contributed by atoms with Gasteiger partial charge in [0.25, 0.3) is 5.69 Å². The van der Waals surface area contributed by atoms with E-state index in [4.69, 9.17) is 10.5 Å². The van der Waals surface area contributed by atoms with Crippen molar-refractivity contribution in [2.75, 3.05) is 13.2 Å². The van der Waals surface area contributed by atoms with Crippen LogP contribution in [0.15, 0.2) is 29.2 Å². The first-order valence-electron chi connectivity index (χ1n) is 6.01. The zero-order valence-corrected chi connectivity index (χ0v) is 11.4. The fraction of sp³-hybridized carbons (Fsp3) is 0.455. The van der Waals surface area contributed by atoms with Gasteiger partial charge in [0.1, 0.15) is 0 Å². The summed E-state index contributed by atoms with van der Waals surface area (Å²) in [5, 5.41) is 10.9. The van der Waals surface area contributed by atoms with Gasteiger partial charge in [-0.1, -0.05) is 12.1 Å². The SMILES string of the molecule is N[C@@H]1COCC[C@@H]1NS(=O)(=O)c1ccccc1[N+](=O)[O-]. The molecule has 1 aromatic rings. The van der Waals surface area contributed by atoms with Crippen LogP contribution in [0.2, 0.25) is 0 Å². The van der Waals surface area contributed by atoms with Crippen molar-refractivity contribution in [1.82, 2.24) is 4.72 Å². The molecule has 0 spiro atoms. The average molecular weight is 301 g/mol. The first-order valence-corrected chi connectivity index (χ1v) is 7.49. The fourth-order valence-corrected chi connectivity index (χ4v) is 3.50. The van der Waals surface area contributed by atoms with Gasteiger partial charge in [-0.15, -0.1) is 0 Å². The van der Waals surface area contributed by atoms with E-state index in [1.807, 2.05) is 0 Å². The van der Waals surface area contributed by atoms with Crippen LogP contribution >= 0.6 is 0 Å². The van der Waals surface area contributed by atoms with Crippen LogP contribution in [0.25, 0.3) is 0 Å². The van der Waals surface area contributed by atoms with Crippen LogP contribution < -0.4 is 10.5 Å². The molecule has 3 N–H and O–H groups in total. The zero-order valence-electron chi connectivity index (χ0n) is 10.6. The Morgan fingerprint density at radius 2 is 2.10 bits per heavy atom. The molecule has 0 bridgehead atoms. The Morgan fingerprint density at radius 3 is 2.75 bits per heavy atom. The normalized spacial score (nSPS) is 23.4. The molecule has 9 heteroatoms. The second-order valence-electron chi connectivity index (χ2n) is 4.48. The van der Waals surface area contributed by atoms with Gasteiger partial charge in [0.15, 0.2) is 4.90 Å².